The molecule has 6 heteroatoms. The summed E-state index contributed by atoms with van der Waals surface area (Å²) in [4.78, 5) is 12.8. The molecule has 0 amide bonds. The minimum atomic E-state index is -2.01. The van der Waals surface area contributed by atoms with Gasteiger partial charge in [0.2, 0.25) is 0 Å². The highest BCUT2D eigenvalue weighted by Crippen LogP contribution is 2.41. The summed E-state index contributed by atoms with van der Waals surface area (Å²) in [6.45, 7) is 8.28. The Kier molecular flexibility index (Phi) is 7.10. The normalized spacial score (nSPS) is 20.3. The summed E-state index contributed by atoms with van der Waals surface area (Å²) in [6, 6.07) is 0. The molecule has 1 fully saturated rings. The van der Waals surface area contributed by atoms with Crippen LogP contribution in [0.15, 0.2) is 0 Å². The first-order valence-corrected chi connectivity index (χ1v) is 12.3. The molecule has 0 aromatic carbocycles. The SMILES string of the molecule is CCC(C)(C(=O)O[Si](C)(C)C1CCCCC1)[Si](OC)OC. The monoisotopic (exact) mass is 331 g/mol. The van der Waals surface area contributed by atoms with Crippen LogP contribution in [-0.2, 0) is 18.1 Å². The van der Waals surface area contributed by atoms with Crippen LogP contribution in [-0.4, -0.2) is 37.8 Å². The van der Waals surface area contributed by atoms with E-state index in [4.69, 9.17) is 13.3 Å². The van der Waals surface area contributed by atoms with E-state index in [0.717, 1.165) is 0 Å². The highest BCUT2D eigenvalue weighted by molar-refractivity contribution is 6.74. The number of carbonyl (C=O) groups is 1. The maximum atomic E-state index is 12.8. The molecule has 21 heavy (non-hydrogen) atoms. The van der Waals surface area contributed by atoms with Crippen molar-refractivity contribution in [3.63, 3.8) is 0 Å². The minimum Gasteiger partial charge on any atom is -0.519 e. The van der Waals surface area contributed by atoms with E-state index in [1.807, 2.05) is 13.8 Å². The smallest absolute Gasteiger partial charge is 0.402 e. The predicted molar refractivity (Wildman–Crippen MR) is 88.8 cm³/mol. The summed E-state index contributed by atoms with van der Waals surface area (Å²) in [7, 11) is -0.444. The van der Waals surface area contributed by atoms with Crippen molar-refractivity contribution in [2.75, 3.05) is 14.2 Å². The van der Waals surface area contributed by atoms with E-state index >= 15 is 0 Å². The van der Waals surface area contributed by atoms with E-state index in [2.05, 4.69) is 13.1 Å². The zero-order chi connectivity index (χ0) is 16.1. The van der Waals surface area contributed by atoms with E-state index in [1.165, 1.54) is 32.1 Å². The van der Waals surface area contributed by atoms with E-state index in [0.29, 0.717) is 12.0 Å². The summed E-state index contributed by atoms with van der Waals surface area (Å²) >= 11 is 0. The highest BCUT2D eigenvalue weighted by Gasteiger charge is 2.49. The number of hydrogen-bond donors (Lipinski definition) is 0. The molecular weight excluding hydrogens is 300 g/mol. The van der Waals surface area contributed by atoms with E-state index < -0.39 is 22.6 Å². The van der Waals surface area contributed by atoms with Crippen LogP contribution in [0.3, 0.4) is 0 Å². The van der Waals surface area contributed by atoms with Gasteiger partial charge < -0.3 is 13.3 Å². The third-order valence-electron chi connectivity index (χ3n) is 4.92. The molecule has 4 nitrogen and oxygen atoms in total. The van der Waals surface area contributed by atoms with Crippen LogP contribution in [0, 0.1) is 0 Å². The van der Waals surface area contributed by atoms with Gasteiger partial charge in [0.25, 0.3) is 14.3 Å². The summed E-state index contributed by atoms with van der Waals surface area (Å²) < 4.78 is 16.9. The van der Waals surface area contributed by atoms with Gasteiger partial charge in [0.15, 0.2) is 0 Å². The molecule has 0 spiro atoms. The number of carbonyl (C=O) groups excluding carboxylic acids is 1. The van der Waals surface area contributed by atoms with Crippen LogP contribution in [0.4, 0.5) is 0 Å². The zero-order valence-electron chi connectivity index (χ0n) is 14.5. The molecule has 1 aliphatic carbocycles. The fourth-order valence-electron chi connectivity index (χ4n) is 3.14. The lowest BCUT2D eigenvalue weighted by Gasteiger charge is -2.38. The third kappa shape index (κ3) is 4.40. The molecule has 0 aliphatic heterocycles. The molecule has 0 heterocycles. The molecule has 1 unspecified atom stereocenters. The van der Waals surface area contributed by atoms with Crippen molar-refractivity contribution in [3.8, 4) is 0 Å². The molecule has 0 bridgehead atoms. The van der Waals surface area contributed by atoms with Gasteiger partial charge in [-0.3, -0.25) is 4.79 Å². The van der Waals surface area contributed by atoms with Crippen molar-refractivity contribution in [3.05, 3.63) is 0 Å². The van der Waals surface area contributed by atoms with Gasteiger partial charge in [-0.05, 0) is 44.8 Å². The maximum absolute atomic E-state index is 12.8. The Bertz CT molecular complexity index is 339. The number of rotatable bonds is 7. The van der Waals surface area contributed by atoms with Crippen molar-refractivity contribution in [2.24, 2.45) is 0 Å². The second kappa shape index (κ2) is 7.90. The second-order valence-corrected chi connectivity index (χ2v) is 13.4. The molecule has 0 saturated heterocycles. The van der Waals surface area contributed by atoms with Crippen molar-refractivity contribution in [1.82, 2.24) is 0 Å². The van der Waals surface area contributed by atoms with Crippen LogP contribution in [0.2, 0.25) is 23.7 Å². The summed E-state index contributed by atoms with van der Waals surface area (Å²) in [6.07, 6.45) is 6.96. The van der Waals surface area contributed by atoms with Crippen LogP contribution < -0.4 is 0 Å². The zero-order valence-corrected chi connectivity index (χ0v) is 16.5. The van der Waals surface area contributed by atoms with Crippen LogP contribution in [0.5, 0.6) is 0 Å². The first-order valence-electron chi connectivity index (χ1n) is 8.00. The molecule has 1 rings (SSSR count). The third-order valence-corrected chi connectivity index (χ3v) is 10.4. The Morgan fingerprint density at radius 1 is 1.19 bits per heavy atom. The fraction of sp³-hybridized carbons (Fsp3) is 0.933. The number of hydrogen-bond acceptors (Lipinski definition) is 4. The van der Waals surface area contributed by atoms with Gasteiger partial charge in [-0.2, -0.15) is 0 Å². The Labute approximate surface area is 132 Å². The molecule has 1 saturated carbocycles. The van der Waals surface area contributed by atoms with Crippen LogP contribution >= 0.6 is 0 Å². The summed E-state index contributed by atoms with van der Waals surface area (Å²) in [5.74, 6) is -0.121. The maximum Gasteiger partial charge on any atom is 0.402 e. The van der Waals surface area contributed by atoms with Gasteiger partial charge in [-0.15, -0.1) is 0 Å². The fourth-order valence-corrected chi connectivity index (χ4v) is 7.48. The van der Waals surface area contributed by atoms with Gasteiger partial charge in [-0.1, -0.05) is 26.2 Å². The average molecular weight is 332 g/mol. The van der Waals surface area contributed by atoms with Crippen molar-refractivity contribution in [1.29, 1.82) is 0 Å². The average Bonchev–Trinajstić information content (AvgIpc) is 2.48. The molecule has 0 aromatic rings. The van der Waals surface area contributed by atoms with Gasteiger partial charge in [0, 0.05) is 14.2 Å². The van der Waals surface area contributed by atoms with Gasteiger partial charge >= 0.3 is 9.28 Å². The molecule has 1 aliphatic rings. The second-order valence-electron chi connectivity index (χ2n) is 6.71. The molecule has 1 radical (unpaired) electrons. The Morgan fingerprint density at radius 3 is 2.14 bits per heavy atom. The van der Waals surface area contributed by atoms with E-state index in [1.54, 1.807) is 14.2 Å². The van der Waals surface area contributed by atoms with E-state index in [9.17, 15) is 4.79 Å². The summed E-state index contributed by atoms with van der Waals surface area (Å²) in [5.41, 5.74) is 0.595. The van der Waals surface area contributed by atoms with Gasteiger partial charge in [-0.25, -0.2) is 0 Å². The first kappa shape index (κ1) is 18.9. The highest BCUT2D eigenvalue weighted by atomic mass is 28.4. The molecule has 0 N–H and O–H groups in total. The minimum absolute atomic E-state index is 0.121. The first-order chi connectivity index (χ1) is 9.81. The quantitative estimate of drug-likeness (QED) is 0.661. The summed E-state index contributed by atoms with van der Waals surface area (Å²) in [5, 5.41) is -0.646. The van der Waals surface area contributed by atoms with Crippen LogP contribution in [0.1, 0.15) is 52.4 Å². The molecule has 123 valence electrons. The van der Waals surface area contributed by atoms with Crippen molar-refractivity contribution >= 4 is 23.6 Å². The van der Waals surface area contributed by atoms with Gasteiger partial charge in [0.1, 0.15) is 5.04 Å². The topological polar surface area (TPSA) is 44.8 Å². The Hall–Kier alpha value is -0.176. The Morgan fingerprint density at radius 2 is 1.71 bits per heavy atom. The Balaban J connectivity index is 2.80. The lowest BCUT2D eigenvalue weighted by molar-refractivity contribution is -0.139. The predicted octanol–water partition coefficient (Wildman–Crippen LogP) is 4.02. The van der Waals surface area contributed by atoms with Crippen molar-refractivity contribution in [2.45, 2.75) is 76.0 Å². The molecular formula is C15H31O4Si2. The van der Waals surface area contributed by atoms with Gasteiger partial charge in [0.05, 0.1) is 0 Å². The molecule has 1 atom stereocenters. The standard InChI is InChI=1S/C15H31O4Si2/c1-7-15(2,20(17-3)18-4)14(16)19-21(5,6)13-11-9-8-10-12-13/h13H,7-12H2,1-6H3. The van der Waals surface area contributed by atoms with E-state index in [-0.39, 0.29) is 5.97 Å². The van der Waals surface area contributed by atoms with Crippen LogP contribution in [0.25, 0.3) is 0 Å². The largest absolute Gasteiger partial charge is 0.519 e. The molecule has 0 aromatic heterocycles. The lowest BCUT2D eigenvalue weighted by atomic mass is 10.0. The van der Waals surface area contributed by atoms with Crippen molar-refractivity contribution < 1.29 is 18.1 Å². The lowest BCUT2D eigenvalue weighted by Crippen LogP contribution is -2.47.